The molecule has 0 aliphatic carbocycles. The summed E-state index contributed by atoms with van der Waals surface area (Å²) in [5.74, 6) is -0.0381. The lowest BCUT2D eigenvalue weighted by Crippen LogP contribution is -2.26. The Morgan fingerprint density at radius 2 is 1.82 bits per heavy atom. The van der Waals surface area contributed by atoms with E-state index in [0.29, 0.717) is 23.4 Å². The molecule has 0 saturated carbocycles. The summed E-state index contributed by atoms with van der Waals surface area (Å²) in [7, 11) is -3.59. The molecular formula is C11H15ClFNO2S. The van der Waals surface area contributed by atoms with Gasteiger partial charge in [0.2, 0.25) is 10.0 Å². The molecule has 0 radical (unpaired) electrons. The van der Waals surface area contributed by atoms with E-state index in [9.17, 15) is 12.8 Å². The zero-order chi connectivity index (χ0) is 13.1. The molecule has 96 valence electrons. The van der Waals surface area contributed by atoms with Crippen LogP contribution in [0.4, 0.5) is 4.39 Å². The van der Waals surface area contributed by atoms with Gasteiger partial charge in [0.15, 0.2) is 0 Å². The molecule has 0 atom stereocenters. The average Bonchev–Trinajstić information content (AvgIpc) is 2.15. The lowest BCUT2D eigenvalue weighted by Gasteiger charge is -2.11. The van der Waals surface area contributed by atoms with Crippen molar-refractivity contribution in [2.75, 3.05) is 12.4 Å². The van der Waals surface area contributed by atoms with Crippen LogP contribution in [0.2, 0.25) is 0 Å². The highest BCUT2D eigenvalue weighted by Crippen LogP contribution is 2.21. The lowest BCUT2D eigenvalue weighted by atomic mass is 10.1. The Balaban J connectivity index is 3.07. The minimum absolute atomic E-state index is 0.147. The van der Waals surface area contributed by atoms with E-state index in [1.807, 2.05) is 0 Å². The molecule has 0 fully saturated rings. The molecule has 1 N–H and O–H groups in total. The molecule has 0 saturated heterocycles. The SMILES string of the molecule is Cc1cc(F)cc(C)c1S(=O)(=O)NCCCCl. The smallest absolute Gasteiger partial charge is 0.211 e. The van der Waals surface area contributed by atoms with Crippen LogP contribution in [-0.2, 0) is 10.0 Å². The quantitative estimate of drug-likeness (QED) is 0.664. The molecule has 0 aliphatic rings. The second-order valence-electron chi connectivity index (χ2n) is 3.81. The van der Waals surface area contributed by atoms with E-state index in [0.717, 1.165) is 0 Å². The highest BCUT2D eigenvalue weighted by molar-refractivity contribution is 7.89. The monoisotopic (exact) mass is 279 g/mol. The number of aryl methyl sites for hydroxylation is 2. The second kappa shape index (κ2) is 5.80. The third kappa shape index (κ3) is 3.66. The van der Waals surface area contributed by atoms with Crippen LogP contribution in [-0.4, -0.2) is 20.8 Å². The Kier molecular flexibility index (Phi) is 4.91. The van der Waals surface area contributed by atoms with Crippen LogP contribution in [0, 0.1) is 19.7 Å². The summed E-state index contributed by atoms with van der Waals surface area (Å²) >= 11 is 5.48. The minimum Gasteiger partial charge on any atom is -0.211 e. The Hall–Kier alpha value is -0.650. The maximum Gasteiger partial charge on any atom is 0.241 e. The molecule has 0 unspecified atom stereocenters. The summed E-state index contributed by atoms with van der Waals surface area (Å²) in [5, 5.41) is 0. The maximum atomic E-state index is 13.1. The first-order chi connectivity index (χ1) is 7.88. The summed E-state index contributed by atoms with van der Waals surface area (Å²) in [6.07, 6.45) is 0.556. The van der Waals surface area contributed by atoms with Gasteiger partial charge in [0.1, 0.15) is 5.82 Å². The minimum atomic E-state index is -3.59. The van der Waals surface area contributed by atoms with Gasteiger partial charge in [-0.05, 0) is 43.5 Å². The fraction of sp³-hybridized carbons (Fsp3) is 0.455. The first-order valence-electron chi connectivity index (χ1n) is 5.21. The standard InChI is InChI=1S/C11H15ClFNO2S/c1-8-6-10(13)7-9(2)11(8)17(15,16)14-5-3-4-12/h6-7,14H,3-5H2,1-2H3. The maximum absolute atomic E-state index is 13.1. The Labute approximate surface area is 106 Å². The van der Waals surface area contributed by atoms with Gasteiger partial charge in [0.05, 0.1) is 4.90 Å². The largest absolute Gasteiger partial charge is 0.241 e. The fourth-order valence-electron chi connectivity index (χ4n) is 1.67. The van der Waals surface area contributed by atoms with Crippen molar-refractivity contribution in [3.8, 4) is 0 Å². The Morgan fingerprint density at radius 3 is 2.29 bits per heavy atom. The average molecular weight is 280 g/mol. The number of hydrogen-bond donors (Lipinski definition) is 1. The zero-order valence-electron chi connectivity index (χ0n) is 9.76. The molecule has 0 spiro atoms. The molecular weight excluding hydrogens is 265 g/mol. The Morgan fingerprint density at radius 1 is 1.29 bits per heavy atom. The van der Waals surface area contributed by atoms with Crippen LogP contribution in [0.25, 0.3) is 0 Å². The number of alkyl halides is 1. The highest BCUT2D eigenvalue weighted by Gasteiger charge is 2.19. The number of nitrogens with one attached hydrogen (secondary N) is 1. The van der Waals surface area contributed by atoms with Crippen LogP contribution in [0.1, 0.15) is 17.5 Å². The van der Waals surface area contributed by atoms with Crippen LogP contribution in [0.15, 0.2) is 17.0 Å². The predicted molar refractivity (Wildman–Crippen MR) is 66.4 cm³/mol. The molecule has 1 aromatic rings. The Bertz CT molecular complexity index is 479. The molecule has 0 aliphatic heterocycles. The van der Waals surface area contributed by atoms with Gasteiger partial charge in [-0.2, -0.15) is 0 Å². The molecule has 17 heavy (non-hydrogen) atoms. The van der Waals surface area contributed by atoms with Gasteiger partial charge in [-0.25, -0.2) is 17.5 Å². The van der Waals surface area contributed by atoms with E-state index in [-0.39, 0.29) is 11.4 Å². The van der Waals surface area contributed by atoms with E-state index >= 15 is 0 Å². The molecule has 6 heteroatoms. The number of rotatable bonds is 5. The van der Waals surface area contributed by atoms with Crippen molar-refractivity contribution in [3.63, 3.8) is 0 Å². The van der Waals surface area contributed by atoms with Gasteiger partial charge in [-0.15, -0.1) is 11.6 Å². The fourth-order valence-corrected chi connectivity index (χ4v) is 3.32. The molecule has 0 aromatic heterocycles. The van der Waals surface area contributed by atoms with Crippen molar-refractivity contribution < 1.29 is 12.8 Å². The first kappa shape index (κ1) is 14.4. The van der Waals surface area contributed by atoms with Crippen molar-refractivity contribution >= 4 is 21.6 Å². The predicted octanol–water partition coefficient (Wildman–Crippen LogP) is 2.35. The molecule has 0 heterocycles. The van der Waals surface area contributed by atoms with Crippen molar-refractivity contribution in [3.05, 3.63) is 29.1 Å². The van der Waals surface area contributed by atoms with Crippen molar-refractivity contribution in [2.24, 2.45) is 0 Å². The van der Waals surface area contributed by atoms with E-state index in [2.05, 4.69) is 4.72 Å². The molecule has 0 bridgehead atoms. The van der Waals surface area contributed by atoms with Gasteiger partial charge < -0.3 is 0 Å². The van der Waals surface area contributed by atoms with E-state index in [4.69, 9.17) is 11.6 Å². The summed E-state index contributed by atoms with van der Waals surface area (Å²) in [4.78, 5) is 0.147. The highest BCUT2D eigenvalue weighted by atomic mass is 35.5. The van der Waals surface area contributed by atoms with Crippen LogP contribution >= 0.6 is 11.6 Å². The number of halogens is 2. The van der Waals surface area contributed by atoms with Gasteiger partial charge in [0.25, 0.3) is 0 Å². The third-order valence-electron chi connectivity index (χ3n) is 2.30. The third-order valence-corrected chi connectivity index (χ3v) is 4.33. The lowest BCUT2D eigenvalue weighted by molar-refractivity contribution is 0.578. The van der Waals surface area contributed by atoms with Gasteiger partial charge in [-0.3, -0.25) is 0 Å². The number of hydrogen-bond acceptors (Lipinski definition) is 2. The van der Waals surface area contributed by atoms with Gasteiger partial charge in [0, 0.05) is 12.4 Å². The first-order valence-corrected chi connectivity index (χ1v) is 7.22. The molecule has 1 aromatic carbocycles. The normalized spacial score (nSPS) is 11.8. The van der Waals surface area contributed by atoms with Gasteiger partial charge >= 0.3 is 0 Å². The molecule has 0 amide bonds. The number of benzene rings is 1. The summed E-state index contributed by atoms with van der Waals surface area (Å²) in [6, 6.07) is 2.42. The van der Waals surface area contributed by atoms with E-state index < -0.39 is 15.8 Å². The molecule has 3 nitrogen and oxygen atoms in total. The topological polar surface area (TPSA) is 46.2 Å². The summed E-state index contributed by atoms with van der Waals surface area (Å²) in [6.45, 7) is 3.43. The van der Waals surface area contributed by atoms with Gasteiger partial charge in [-0.1, -0.05) is 0 Å². The van der Waals surface area contributed by atoms with E-state index in [1.165, 1.54) is 12.1 Å². The van der Waals surface area contributed by atoms with Crippen molar-refractivity contribution in [1.29, 1.82) is 0 Å². The summed E-state index contributed by atoms with van der Waals surface area (Å²) in [5.41, 5.74) is 0.807. The van der Waals surface area contributed by atoms with Crippen molar-refractivity contribution in [2.45, 2.75) is 25.2 Å². The van der Waals surface area contributed by atoms with Crippen LogP contribution in [0.5, 0.6) is 0 Å². The summed E-state index contributed by atoms with van der Waals surface area (Å²) < 4.78 is 39.5. The van der Waals surface area contributed by atoms with Crippen LogP contribution in [0.3, 0.4) is 0 Å². The van der Waals surface area contributed by atoms with Crippen LogP contribution < -0.4 is 4.72 Å². The van der Waals surface area contributed by atoms with Crippen molar-refractivity contribution in [1.82, 2.24) is 4.72 Å². The van der Waals surface area contributed by atoms with E-state index in [1.54, 1.807) is 13.8 Å². The molecule has 1 rings (SSSR count). The zero-order valence-corrected chi connectivity index (χ0v) is 11.3. The second-order valence-corrected chi connectivity index (χ2v) is 5.89. The number of sulfonamides is 1.